The summed E-state index contributed by atoms with van der Waals surface area (Å²) in [6.07, 6.45) is 78.0. The number of rotatable bonds is 61. The Morgan fingerprint density at radius 2 is 0.737 bits per heavy atom. The number of likely N-dealkylation sites (N-methyl/N-ethyl adjacent to an activating group) is 1. The number of carbonyl (C=O) groups is 1. The Morgan fingerprint density at radius 3 is 1.07 bits per heavy atom. The van der Waals surface area contributed by atoms with Gasteiger partial charge in [0.05, 0.1) is 39.9 Å². The predicted octanol–water partition coefficient (Wildman–Crippen LogP) is 20.0. The van der Waals surface area contributed by atoms with E-state index < -0.39 is 26.6 Å². The number of nitrogens with one attached hydrogen (secondary N) is 1. The average Bonchev–Trinajstić information content (AvgIpc) is 3.38. The minimum absolute atomic E-state index is 0.00860. The first-order valence-corrected chi connectivity index (χ1v) is 34.5. The van der Waals surface area contributed by atoms with Crippen LogP contribution in [0.2, 0.25) is 0 Å². The van der Waals surface area contributed by atoms with Crippen molar-refractivity contribution < 1.29 is 32.9 Å². The molecule has 0 spiro atoms. The number of quaternary nitrogens is 1. The van der Waals surface area contributed by atoms with Crippen LogP contribution in [0.25, 0.3) is 0 Å². The van der Waals surface area contributed by atoms with Crippen LogP contribution < -0.4 is 10.2 Å². The lowest BCUT2D eigenvalue weighted by Crippen LogP contribution is -2.45. The van der Waals surface area contributed by atoms with Gasteiger partial charge >= 0.3 is 0 Å². The van der Waals surface area contributed by atoms with Crippen LogP contribution in [-0.4, -0.2) is 68.5 Å². The zero-order chi connectivity index (χ0) is 55.6. The topological polar surface area (TPSA) is 108 Å². The summed E-state index contributed by atoms with van der Waals surface area (Å²) in [6, 6.07) is -0.911. The first-order valence-electron chi connectivity index (χ1n) is 33.0. The van der Waals surface area contributed by atoms with Gasteiger partial charge in [-0.25, -0.2) is 0 Å². The summed E-state index contributed by atoms with van der Waals surface area (Å²) in [5.74, 6) is -0.207. The molecule has 0 rings (SSSR count). The SMILES string of the molecule is CCCCCCCCCCCCCC/C=C\CCCCCCCCCCCCCCCCCC(=O)NC(COP(=O)([O-])OCC[N+](C)(C)C)C(O)/C=C/CC/C=C/CC/C=C/CCCCCCCCCCCCCCC. The van der Waals surface area contributed by atoms with Gasteiger partial charge in [-0.15, -0.1) is 0 Å². The molecular formula is C67H129N2O6P. The highest BCUT2D eigenvalue weighted by Gasteiger charge is 2.23. The molecule has 0 saturated carbocycles. The van der Waals surface area contributed by atoms with E-state index >= 15 is 0 Å². The van der Waals surface area contributed by atoms with Crippen molar-refractivity contribution in [1.29, 1.82) is 0 Å². The van der Waals surface area contributed by atoms with Gasteiger partial charge in [0.2, 0.25) is 5.91 Å². The average molecular weight is 1090 g/mol. The van der Waals surface area contributed by atoms with Crippen LogP contribution in [0.3, 0.4) is 0 Å². The molecule has 2 N–H and O–H groups in total. The van der Waals surface area contributed by atoms with E-state index in [1.165, 1.54) is 257 Å². The summed E-state index contributed by atoms with van der Waals surface area (Å²) >= 11 is 0. The first kappa shape index (κ1) is 74.5. The number of aliphatic hydroxyl groups is 1. The molecule has 0 fully saturated rings. The zero-order valence-corrected chi connectivity index (χ0v) is 52.1. The molecule has 8 nitrogen and oxygen atoms in total. The van der Waals surface area contributed by atoms with Gasteiger partial charge in [-0.3, -0.25) is 9.36 Å². The summed E-state index contributed by atoms with van der Waals surface area (Å²) in [6.45, 7) is 4.66. The van der Waals surface area contributed by atoms with Crippen molar-refractivity contribution in [2.24, 2.45) is 0 Å². The largest absolute Gasteiger partial charge is 0.756 e. The van der Waals surface area contributed by atoms with Gasteiger partial charge in [0.1, 0.15) is 13.2 Å². The van der Waals surface area contributed by atoms with Gasteiger partial charge in [-0.2, -0.15) is 0 Å². The van der Waals surface area contributed by atoms with Gasteiger partial charge < -0.3 is 28.8 Å². The third-order valence-electron chi connectivity index (χ3n) is 15.0. The Balaban J connectivity index is 4.13. The summed E-state index contributed by atoms with van der Waals surface area (Å²) in [4.78, 5) is 25.6. The fourth-order valence-electron chi connectivity index (χ4n) is 9.83. The fraction of sp³-hybridized carbons (Fsp3) is 0.866. The number of aliphatic hydroxyl groups excluding tert-OH is 1. The normalized spacial score (nSPS) is 14.0. The van der Waals surface area contributed by atoms with E-state index in [1.807, 2.05) is 27.2 Å². The van der Waals surface area contributed by atoms with Gasteiger partial charge in [-0.05, 0) is 70.6 Å². The summed E-state index contributed by atoms with van der Waals surface area (Å²) in [7, 11) is 1.24. The molecule has 0 aliphatic heterocycles. The summed E-state index contributed by atoms with van der Waals surface area (Å²) in [5, 5.41) is 13.9. The lowest BCUT2D eigenvalue weighted by atomic mass is 10.0. The van der Waals surface area contributed by atoms with E-state index in [-0.39, 0.29) is 12.5 Å². The predicted molar refractivity (Wildman–Crippen MR) is 330 cm³/mol. The Labute approximate surface area is 473 Å². The van der Waals surface area contributed by atoms with Crippen LogP contribution in [0.5, 0.6) is 0 Å². The van der Waals surface area contributed by atoms with E-state index in [2.05, 4.69) is 55.6 Å². The Bertz CT molecular complexity index is 1380. The van der Waals surface area contributed by atoms with Crippen molar-refractivity contribution in [2.75, 3.05) is 40.9 Å². The molecular weight excluding hydrogens is 960 g/mol. The molecule has 76 heavy (non-hydrogen) atoms. The van der Waals surface area contributed by atoms with Crippen molar-refractivity contribution in [2.45, 2.75) is 334 Å². The van der Waals surface area contributed by atoms with Crippen LogP contribution in [0.4, 0.5) is 0 Å². The number of unbranched alkanes of at least 4 members (excludes halogenated alkanes) is 42. The molecule has 0 aliphatic carbocycles. The third kappa shape index (κ3) is 60.1. The molecule has 0 saturated heterocycles. The highest BCUT2D eigenvalue weighted by atomic mass is 31.2. The van der Waals surface area contributed by atoms with Gasteiger partial charge in [0.25, 0.3) is 7.82 Å². The molecule has 0 radical (unpaired) electrons. The number of hydrogen-bond donors (Lipinski definition) is 2. The van der Waals surface area contributed by atoms with Crippen LogP contribution in [-0.2, 0) is 18.4 Å². The molecule has 3 unspecified atom stereocenters. The van der Waals surface area contributed by atoms with Crippen LogP contribution >= 0.6 is 7.82 Å². The van der Waals surface area contributed by atoms with Gasteiger partial charge in [-0.1, -0.05) is 294 Å². The smallest absolute Gasteiger partial charge is 0.268 e. The minimum atomic E-state index is -4.61. The highest BCUT2D eigenvalue weighted by molar-refractivity contribution is 7.45. The van der Waals surface area contributed by atoms with E-state index in [1.54, 1.807) is 6.08 Å². The van der Waals surface area contributed by atoms with Crippen LogP contribution in [0.15, 0.2) is 48.6 Å². The molecule has 9 heteroatoms. The number of nitrogens with zero attached hydrogens (tertiary/aromatic N) is 1. The number of carbonyl (C=O) groups excluding carboxylic acids is 1. The maximum absolute atomic E-state index is 13.0. The van der Waals surface area contributed by atoms with Gasteiger partial charge in [0.15, 0.2) is 0 Å². The van der Waals surface area contributed by atoms with Crippen molar-refractivity contribution in [1.82, 2.24) is 5.32 Å². The van der Waals surface area contributed by atoms with Crippen molar-refractivity contribution in [3.63, 3.8) is 0 Å². The Kier molecular flexibility index (Phi) is 56.9. The molecule has 0 heterocycles. The van der Waals surface area contributed by atoms with Crippen LogP contribution in [0.1, 0.15) is 322 Å². The second-order valence-electron chi connectivity index (χ2n) is 23.8. The molecule has 448 valence electrons. The van der Waals surface area contributed by atoms with Crippen molar-refractivity contribution in [3.8, 4) is 0 Å². The quantitative estimate of drug-likeness (QED) is 0.0272. The van der Waals surface area contributed by atoms with E-state index in [0.717, 1.165) is 44.9 Å². The number of phosphoric ester groups is 1. The fourth-order valence-corrected chi connectivity index (χ4v) is 10.6. The molecule has 0 aromatic rings. The Hall–Kier alpha value is -1.54. The summed E-state index contributed by atoms with van der Waals surface area (Å²) < 4.78 is 23.4. The second-order valence-corrected chi connectivity index (χ2v) is 25.2. The second kappa shape index (κ2) is 58.1. The molecule has 0 aliphatic rings. The lowest BCUT2D eigenvalue weighted by Gasteiger charge is -2.29. The monoisotopic (exact) mass is 1090 g/mol. The minimum Gasteiger partial charge on any atom is -0.756 e. The van der Waals surface area contributed by atoms with Crippen molar-refractivity contribution in [3.05, 3.63) is 48.6 Å². The zero-order valence-electron chi connectivity index (χ0n) is 51.2. The number of hydrogen-bond acceptors (Lipinski definition) is 6. The third-order valence-corrected chi connectivity index (χ3v) is 16.0. The number of allylic oxidation sites excluding steroid dienone is 7. The maximum Gasteiger partial charge on any atom is 0.268 e. The Morgan fingerprint density at radius 1 is 0.447 bits per heavy atom. The molecule has 3 atom stereocenters. The first-order chi connectivity index (χ1) is 37.0. The number of amides is 1. The van der Waals surface area contributed by atoms with Crippen LogP contribution in [0, 0.1) is 0 Å². The lowest BCUT2D eigenvalue weighted by molar-refractivity contribution is -0.870. The standard InChI is InChI=1S/C67H129N2O6P/c1-6-8-10-12-14-16-18-20-22-24-26-28-30-31-32-33-34-35-36-37-39-41-43-45-47-49-51-53-55-57-59-61-67(71)68-65(64-75-76(72,73)74-63-62-69(3,4)5)66(70)60-58-56-54-52-50-48-46-44-42-40-38-29-27-25-23-21-19-17-15-13-11-9-7-2/h31-32,42,44,50,52,58,60,65-66,70H,6-30,33-41,43,45-49,51,53-57,59,61-64H2,1-5H3,(H-,68,71,72,73)/b32-31-,44-42+,52-50+,60-58+. The highest BCUT2D eigenvalue weighted by Crippen LogP contribution is 2.38. The van der Waals surface area contributed by atoms with E-state index in [4.69, 9.17) is 9.05 Å². The van der Waals surface area contributed by atoms with E-state index in [0.29, 0.717) is 17.4 Å². The van der Waals surface area contributed by atoms with E-state index in [9.17, 15) is 19.4 Å². The molecule has 0 bridgehead atoms. The molecule has 0 aromatic heterocycles. The van der Waals surface area contributed by atoms with Gasteiger partial charge in [0, 0.05) is 6.42 Å². The summed E-state index contributed by atoms with van der Waals surface area (Å²) in [5.41, 5.74) is 0. The molecule has 0 aromatic carbocycles. The van der Waals surface area contributed by atoms with Crippen molar-refractivity contribution >= 4 is 13.7 Å². The maximum atomic E-state index is 13.0. The molecule has 1 amide bonds. The number of phosphoric acid groups is 1.